The van der Waals surface area contributed by atoms with Gasteiger partial charge in [0.2, 0.25) is 6.61 Å². The number of hydrogen-bond acceptors (Lipinski definition) is 5. The zero-order valence-electron chi connectivity index (χ0n) is 15.1. The van der Waals surface area contributed by atoms with Crippen molar-refractivity contribution < 1.29 is 31.7 Å². The molecular formula is C16H32NO6S+. The van der Waals surface area contributed by atoms with E-state index in [1.165, 1.54) is 0 Å². The first-order chi connectivity index (χ1) is 11.2. The van der Waals surface area contributed by atoms with Gasteiger partial charge in [-0.1, -0.05) is 6.58 Å². The number of hydrogen-bond donors (Lipinski definition) is 0. The number of likely N-dealkylation sites (N-methyl/N-ethyl adjacent to an activating group) is 1. The SMILES string of the molecule is C=C(C)C(=[OH+])OCCOCC[N+](CC)(CC)CCCCS(=O)(=O)[O-]. The van der Waals surface area contributed by atoms with E-state index in [1.807, 2.05) is 0 Å². The lowest BCUT2D eigenvalue weighted by atomic mass is 10.2. The van der Waals surface area contributed by atoms with Gasteiger partial charge in [-0.2, -0.15) is 0 Å². The average molecular weight is 367 g/mol. The molecule has 0 fully saturated rings. The van der Waals surface area contributed by atoms with Crippen LogP contribution in [-0.2, 0) is 19.6 Å². The number of unbranched alkanes of at least 4 members (excludes halogenated alkanes) is 1. The molecule has 0 radical (unpaired) electrons. The van der Waals surface area contributed by atoms with E-state index in [2.05, 4.69) is 20.4 Å². The van der Waals surface area contributed by atoms with Gasteiger partial charge in [0.1, 0.15) is 13.2 Å². The average Bonchev–Trinajstić information content (AvgIpc) is 2.51. The Morgan fingerprint density at radius 3 is 2.25 bits per heavy atom. The minimum atomic E-state index is -4.12. The standard InChI is InChI=1S/C16H31NO6S/c1-5-17(6-2,9-7-8-14-24(19,20)21)10-11-22-12-13-23-16(18)15(3)4/h3,5-14H2,1-2,4H3/p+1. The summed E-state index contributed by atoms with van der Waals surface area (Å²) in [4.78, 5) is 9.34. The normalized spacial score (nSPS) is 12.2. The summed E-state index contributed by atoms with van der Waals surface area (Å²) in [5.74, 6) is -0.462. The molecule has 0 saturated carbocycles. The van der Waals surface area contributed by atoms with Crippen molar-refractivity contribution in [1.82, 2.24) is 0 Å². The van der Waals surface area contributed by atoms with E-state index < -0.39 is 10.1 Å². The Labute approximate surface area is 146 Å². The second kappa shape index (κ2) is 11.6. The Morgan fingerprint density at radius 2 is 1.75 bits per heavy atom. The predicted molar refractivity (Wildman–Crippen MR) is 93.4 cm³/mol. The third-order valence-electron chi connectivity index (χ3n) is 4.16. The molecule has 0 aromatic carbocycles. The van der Waals surface area contributed by atoms with Crippen molar-refractivity contribution in [3.8, 4) is 0 Å². The molecule has 1 N–H and O–H groups in total. The highest BCUT2D eigenvalue weighted by atomic mass is 32.2. The molecule has 0 aliphatic carbocycles. The summed E-state index contributed by atoms with van der Waals surface area (Å²) in [5, 5.41) is 0. The minimum Gasteiger partial charge on any atom is -0.748 e. The van der Waals surface area contributed by atoms with E-state index >= 15 is 0 Å². The van der Waals surface area contributed by atoms with Crippen LogP contribution in [0.25, 0.3) is 0 Å². The van der Waals surface area contributed by atoms with Crippen LogP contribution in [0.3, 0.4) is 0 Å². The van der Waals surface area contributed by atoms with Crippen LogP contribution in [0.2, 0.25) is 0 Å². The largest absolute Gasteiger partial charge is 0.748 e. The zero-order valence-corrected chi connectivity index (χ0v) is 15.9. The van der Waals surface area contributed by atoms with E-state index in [9.17, 15) is 17.8 Å². The number of rotatable bonds is 14. The molecule has 0 atom stereocenters. The molecule has 8 heteroatoms. The van der Waals surface area contributed by atoms with Gasteiger partial charge >= 0.3 is 5.97 Å². The van der Waals surface area contributed by atoms with Crippen molar-refractivity contribution in [1.29, 1.82) is 0 Å². The summed E-state index contributed by atoms with van der Waals surface area (Å²) in [5.41, 5.74) is 0.475. The molecule has 24 heavy (non-hydrogen) atoms. The van der Waals surface area contributed by atoms with Crippen molar-refractivity contribution in [2.45, 2.75) is 33.6 Å². The molecule has 0 saturated heterocycles. The van der Waals surface area contributed by atoms with Gasteiger partial charge in [0.25, 0.3) is 0 Å². The molecule has 0 rings (SSSR count). The van der Waals surface area contributed by atoms with Crippen LogP contribution in [0.5, 0.6) is 0 Å². The van der Waals surface area contributed by atoms with Gasteiger partial charge in [0.05, 0.1) is 41.9 Å². The van der Waals surface area contributed by atoms with Gasteiger partial charge in [-0.25, -0.2) is 8.42 Å². The molecule has 0 spiro atoms. The van der Waals surface area contributed by atoms with Crippen molar-refractivity contribution >= 4 is 16.1 Å². The summed E-state index contributed by atoms with van der Waals surface area (Å²) in [6, 6.07) is 0. The van der Waals surface area contributed by atoms with E-state index in [0.29, 0.717) is 31.6 Å². The Morgan fingerprint density at radius 1 is 1.12 bits per heavy atom. The molecule has 0 heterocycles. The maximum Gasteiger partial charge on any atom is 0.512 e. The maximum atomic E-state index is 10.6. The van der Waals surface area contributed by atoms with Crippen LogP contribution in [0.4, 0.5) is 0 Å². The first-order valence-corrected chi connectivity index (χ1v) is 9.94. The smallest absolute Gasteiger partial charge is 0.512 e. The fourth-order valence-corrected chi connectivity index (χ4v) is 2.93. The third-order valence-corrected chi connectivity index (χ3v) is 4.95. The van der Waals surface area contributed by atoms with Crippen molar-refractivity contribution in [3.63, 3.8) is 0 Å². The summed E-state index contributed by atoms with van der Waals surface area (Å²) < 4.78 is 43.3. The Bertz CT molecular complexity index is 485. The van der Waals surface area contributed by atoms with Gasteiger partial charge < -0.3 is 23.3 Å². The number of ether oxygens (including phenoxy) is 2. The van der Waals surface area contributed by atoms with Crippen LogP contribution in [0.15, 0.2) is 12.2 Å². The topological polar surface area (TPSA) is 97.1 Å². The molecular weight excluding hydrogens is 334 g/mol. The van der Waals surface area contributed by atoms with Gasteiger partial charge in [-0.3, -0.25) is 0 Å². The highest BCUT2D eigenvalue weighted by molar-refractivity contribution is 7.85. The second-order valence-corrected chi connectivity index (χ2v) is 7.46. The quantitative estimate of drug-likeness (QED) is 0.115. The summed E-state index contributed by atoms with van der Waals surface area (Å²) >= 11 is 0. The molecule has 0 aromatic heterocycles. The number of carbonyl (C=O) groups excluding carboxylic acids is 1. The zero-order chi connectivity index (χ0) is 18.6. The third kappa shape index (κ3) is 10.7. The van der Waals surface area contributed by atoms with E-state index in [1.54, 1.807) is 6.92 Å². The summed E-state index contributed by atoms with van der Waals surface area (Å²) in [6.45, 7) is 14.1. The molecule has 0 aliphatic heterocycles. The van der Waals surface area contributed by atoms with Gasteiger partial charge in [0, 0.05) is 5.75 Å². The van der Waals surface area contributed by atoms with Crippen molar-refractivity contribution in [2.24, 2.45) is 0 Å². The summed E-state index contributed by atoms with van der Waals surface area (Å²) in [7, 11) is -4.12. The van der Waals surface area contributed by atoms with Crippen LogP contribution >= 0.6 is 0 Å². The number of esters is 1. The maximum absolute atomic E-state index is 10.6. The monoisotopic (exact) mass is 366 g/mol. The molecule has 0 aromatic rings. The number of nitrogens with zero attached hydrogens (tertiary/aromatic N) is 1. The van der Waals surface area contributed by atoms with E-state index in [-0.39, 0.29) is 18.3 Å². The Balaban J connectivity index is 4.05. The van der Waals surface area contributed by atoms with Gasteiger partial charge in [-0.05, 0) is 33.6 Å². The summed E-state index contributed by atoms with van der Waals surface area (Å²) in [6.07, 6.45) is 1.10. The molecule has 7 nitrogen and oxygen atoms in total. The molecule has 0 aliphatic rings. The molecule has 0 bridgehead atoms. The molecule has 0 unspecified atom stereocenters. The predicted octanol–water partition coefficient (Wildman–Crippen LogP) is 1.28. The fraction of sp³-hybridized carbons (Fsp3) is 0.812. The van der Waals surface area contributed by atoms with Crippen LogP contribution in [0, 0.1) is 0 Å². The molecule has 142 valence electrons. The first-order valence-electron chi connectivity index (χ1n) is 8.37. The van der Waals surface area contributed by atoms with Gasteiger partial charge in [0.15, 0.2) is 0 Å². The highest BCUT2D eigenvalue weighted by Gasteiger charge is 2.22. The van der Waals surface area contributed by atoms with Crippen LogP contribution in [0.1, 0.15) is 33.6 Å². The molecule has 0 amide bonds. The Kier molecular flexibility index (Phi) is 11.1. The van der Waals surface area contributed by atoms with Crippen LogP contribution < -0.4 is 0 Å². The Hall–Kier alpha value is -0.960. The lowest BCUT2D eigenvalue weighted by Gasteiger charge is -2.37. The number of quaternary nitrogens is 1. The fourth-order valence-electron chi connectivity index (χ4n) is 2.37. The van der Waals surface area contributed by atoms with Crippen molar-refractivity contribution in [3.05, 3.63) is 12.2 Å². The second-order valence-electron chi connectivity index (χ2n) is 5.94. The lowest BCUT2D eigenvalue weighted by Crippen LogP contribution is -2.50. The van der Waals surface area contributed by atoms with E-state index in [4.69, 9.17) is 9.47 Å². The van der Waals surface area contributed by atoms with Crippen LogP contribution in [-0.4, -0.2) is 80.0 Å². The van der Waals surface area contributed by atoms with Gasteiger partial charge in [-0.15, -0.1) is 0 Å². The lowest BCUT2D eigenvalue weighted by molar-refractivity contribution is -0.925. The first kappa shape index (κ1) is 23.0. The highest BCUT2D eigenvalue weighted by Crippen LogP contribution is 2.10. The van der Waals surface area contributed by atoms with E-state index in [0.717, 1.165) is 30.7 Å². The minimum absolute atomic E-state index is 0.167. The van der Waals surface area contributed by atoms with Crippen molar-refractivity contribution in [2.75, 3.05) is 51.8 Å².